The summed E-state index contributed by atoms with van der Waals surface area (Å²) in [5.74, 6) is 0.845. The number of anilines is 1. The Morgan fingerprint density at radius 1 is 1.11 bits per heavy atom. The van der Waals surface area contributed by atoms with Crippen LogP contribution in [0.25, 0.3) is 0 Å². The highest BCUT2D eigenvalue weighted by Gasteiger charge is 2.12. The molecule has 0 radical (unpaired) electrons. The molecule has 2 rings (SSSR count). The molecule has 0 aliphatic carbocycles. The molecule has 0 bridgehead atoms. The molecule has 19 heavy (non-hydrogen) atoms. The van der Waals surface area contributed by atoms with Crippen LogP contribution < -0.4 is 10.5 Å². The third kappa shape index (κ3) is 3.71. The summed E-state index contributed by atoms with van der Waals surface area (Å²) >= 11 is 0. The topological polar surface area (TPSA) is 48.1 Å². The van der Waals surface area contributed by atoms with E-state index in [1.54, 1.807) is 12.3 Å². The molecule has 2 aromatic rings. The molecule has 0 amide bonds. The smallest absolute Gasteiger partial charge is 0.130 e. The fraction of sp³-hybridized carbons (Fsp3) is 0.312. The SMILES string of the molecule is CC(C)(C)c1ccc(OCc2cc(N)ccn2)cc1. The number of pyridine rings is 1. The molecule has 0 saturated heterocycles. The van der Waals surface area contributed by atoms with Crippen molar-refractivity contribution in [2.75, 3.05) is 5.73 Å². The Bertz CT molecular complexity index is 541. The predicted octanol–water partition coefficient (Wildman–Crippen LogP) is 3.54. The van der Waals surface area contributed by atoms with Gasteiger partial charge in [0.1, 0.15) is 12.4 Å². The fourth-order valence-corrected chi connectivity index (χ4v) is 1.78. The number of benzene rings is 1. The lowest BCUT2D eigenvalue weighted by Gasteiger charge is -2.19. The molecule has 0 aliphatic rings. The number of hydrogen-bond donors (Lipinski definition) is 1. The van der Waals surface area contributed by atoms with Gasteiger partial charge in [-0.1, -0.05) is 32.9 Å². The van der Waals surface area contributed by atoms with Crippen LogP contribution in [0.5, 0.6) is 5.75 Å². The molecule has 0 unspecified atom stereocenters. The van der Waals surface area contributed by atoms with Gasteiger partial charge in [0, 0.05) is 11.9 Å². The molecule has 1 heterocycles. The van der Waals surface area contributed by atoms with Gasteiger partial charge < -0.3 is 10.5 Å². The second-order valence-corrected chi connectivity index (χ2v) is 5.64. The molecule has 0 spiro atoms. The van der Waals surface area contributed by atoms with Crippen molar-refractivity contribution in [3.63, 3.8) is 0 Å². The van der Waals surface area contributed by atoms with E-state index in [0.717, 1.165) is 11.4 Å². The van der Waals surface area contributed by atoms with E-state index in [1.807, 2.05) is 18.2 Å². The van der Waals surface area contributed by atoms with Crippen molar-refractivity contribution in [2.24, 2.45) is 0 Å². The highest BCUT2D eigenvalue weighted by atomic mass is 16.5. The number of hydrogen-bond acceptors (Lipinski definition) is 3. The number of ether oxygens (including phenoxy) is 1. The Hall–Kier alpha value is -2.03. The zero-order valence-corrected chi connectivity index (χ0v) is 11.7. The summed E-state index contributed by atoms with van der Waals surface area (Å²) in [6, 6.07) is 11.8. The molecule has 100 valence electrons. The van der Waals surface area contributed by atoms with Crippen molar-refractivity contribution in [1.29, 1.82) is 0 Å². The van der Waals surface area contributed by atoms with E-state index >= 15 is 0 Å². The average molecular weight is 256 g/mol. The maximum atomic E-state index is 5.70. The summed E-state index contributed by atoms with van der Waals surface area (Å²) in [5, 5.41) is 0. The number of nitrogens with two attached hydrogens (primary N) is 1. The summed E-state index contributed by atoms with van der Waals surface area (Å²) in [6.45, 7) is 7.01. The highest BCUT2D eigenvalue weighted by Crippen LogP contribution is 2.24. The van der Waals surface area contributed by atoms with Gasteiger partial charge in [-0.3, -0.25) is 4.98 Å². The average Bonchev–Trinajstić information content (AvgIpc) is 2.36. The third-order valence-electron chi connectivity index (χ3n) is 2.95. The maximum absolute atomic E-state index is 5.70. The second-order valence-electron chi connectivity index (χ2n) is 5.64. The van der Waals surface area contributed by atoms with E-state index in [2.05, 4.69) is 37.9 Å². The van der Waals surface area contributed by atoms with Crippen molar-refractivity contribution in [2.45, 2.75) is 32.8 Å². The molecular weight excluding hydrogens is 236 g/mol. The van der Waals surface area contributed by atoms with Crippen LogP contribution in [0.3, 0.4) is 0 Å². The van der Waals surface area contributed by atoms with Crippen LogP contribution in [-0.2, 0) is 12.0 Å². The third-order valence-corrected chi connectivity index (χ3v) is 2.95. The summed E-state index contributed by atoms with van der Waals surface area (Å²) < 4.78 is 5.70. The Morgan fingerprint density at radius 2 is 1.79 bits per heavy atom. The fourth-order valence-electron chi connectivity index (χ4n) is 1.78. The molecule has 3 nitrogen and oxygen atoms in total. The number of rotatable bonds is 3. The molecule has 0 aliphatic heterocycles. The van der Waals surface area contributed by atoms with E-state index < -0.39 is 0 Å². The minimum atomic E-state index is 0.161. The molecule has 0 atom stereocenters. The summed E-state index contributed by atoms with van der Waals surface area (Å²) in [7, 11) is 0. The standard InChI is InChI=1S/C16H20N2O/c1-16(2,3)12-4-6-15(7-5-12)19-11-14-10-13(17)8-9-18-14/h4-10H,11H2,1-3H3,(H2,17,18). The van der Waals surface area contributed by atoms with Crippen LogP contribution in [0.4, 0.5) is 5.69 Å². The Morgan fingerprint density at radius 3 is 2.37 bits per heavy atom. The molecule has 3 heteroatoms. The van der Waals surface area contributed by atoms with Crippen LogP contribution in [0.1, 0.15) is 32.0 Å². The Labute approximate surface area is 114 Å². The first-order chi connectivity index (χ1) is 8.95. The lowest BCUT2D eigenvalue weighted by molar-refractivity contribution is 0.301. The minimum Gasteiger partial charge on any atom is -0.487 e. The minimum absolute atomic E-state index is 0.161. The predicted molar refractivity (Wildman–Crippen MR) is 78.1 cm³/mol. The van der Waals surface area contributed by atoms with Gasteiger partial charge in [-0.15, -0.1) is 0 Å². The number of aromatic nitrogens is 1. The lowest BCUT2D eigenvalue weighted by Crippen LogP contribution is -2.10. The first kappa shape index (κ1) is 13.4. The number of nitrogen functional groups attached to an aromatic ring is 1. The van der Waals surface area contributed by atoms with Crippen LogP contribution >= 0.6 is 0 Å². The monoisotopic (exact) mass is 256 g/mol. The molecule has 2 N–H and O–H groups in total. The lowest BCUT2D eigenvalue weighted by atomic mass is 9.87. The first-order valence-electron chi connectivity index (χ1n) is 6.39. The zero-order valence-electron chi connectivity index (χ0n) is 11.7. The normalized spacial score (nSPS) is 11.3. The van der Waals surface area contributed by atoms with Gasteiger partial charge in [-0.05, 0) is 35.2 Å². The van der Waals surface area contributed by atoms with Crippen LogP contribution in [0, 0.1) is 0 Å². The van der Waals surface area contributed by atoms with Crippen molar-refractivity contribution >= 4 is 5.69 Å². The largest absolute Gasteiger partial charge is 0.487 e. The van der Waals surface area contributed by atoms with Gasteiger partial charge in [0.2, 0.25) is 0 Å². The van der Waals surface area contributed by atoms with Gasteiger partial charge in [0.25, 0.3) is 0 Å². The van der Waals surface area contributed by atoms with E-state index in [1.165, 1.54) is 5.56 Å². The highest BCUT2D eigenvalue weighted by molar-refractivity contribution is 5.37. The first-order valence-corrected chi connectivity index (χ1v) is 6.39. The molecule has 1 aromatic heterocycles. The summed E-state index contributed by atoms with van der Waals surface area (Å²) in [6.07, 6.45) is 1.69. The van der Waals surface area contributed by atoms with Gasteiger partial charge in [-0.25, -0.2) is 0 Å². The Kier molecular flexibility index (Phi) is 3.74. The van der Waals surface area contributed by atoms with Gasteiger partial charge in [0.15, 0.2) is 0 Å². The van der Waals surface area contributed by atoms with Crippen molar-refractivity contribution in [3.05, 3.63) is 53.9 Å². The van der Waals surface area contributed by atoms with E-state index in [4.69, 9.17) is 10.5 Å². The van der Waals surface area contributed by atoms with Crippen LogP contribution in [-0.4, -0.2) is 4.98 Å². The van der Waals surface area contributed by atoms with Crippen molar-refractivity contribution in [3.8, 4) is 5.75 Å². The molecule has 0 saturated carbocycles. The molecule has 1 aromatic carbocycles. The quantitative estimate of drug-likeness (QED) is 0.913. The number of nitrogens with zero attached hydrogens (tertiary/aromatic N) is 1. The summed E-state index contributed by atoms with van der Waals surface area (Å²) in [4.78, 5) is 4.21. The second kappa shape index (κ2) is 5.31. The van der Waals surface area contributed by atoms with E-state index in [-0.39, 0.29) is 5.41 Å². The van der Waals surface area contributed by atoms with Gasteiger partial charge in [-0.2, -0.15) is 0 Å². The molecular formula is C16H20N2O. The zero-order chi connectivity index (χ0) is 13.9. The van der Waals surface area contributed by atoms with Gasteiger partial charge >= 0.3 is 0 Å². The van der Waals surface area contributed by atoms with Crippen molar-refractivity contribution < 1.29 is 4.74 Å². The van der Waals surface area contributed by atoms with E-state index in [0.29, 0.717) is 12.3 Å². The van der Waals surface area contributed by atoms with Crippen LogP contribution in [0.2, 0.25) is 0 Å². The van der Waals surface area contributed by atoms with E-state index in [9.17, 15) is 0 Å². The summed E-state index contributed by atoms with van der Waals surface area (Å²) in [5.41, 5.74) is 8.69. The van der Waals surface area contributed by atoms with Crippen LogP contribution in [0.15, 0.2) is 42.6 Å². The maximum Gasteiger partial charge on any atom is 0.130 e. The van der Waals surface area contributed by atoms with Crippen molar-refractivity contribution in [1.82, 2.24) is 4.98 Å². The van der Waals surface area contributed by atoms with Gasteiger partial charge in [0.05, 0.1) is 5.69 Å². The Balaban J connectivity index is 2.01. The molecule has 0 fully saturated rings.